The van der Waals surface area contributed by atoms with Gasteiger partial charge in [0.05, 0.1) is 18.2 Å². The van der Waals surface area contributed by atoms with Crippen molar-refractivity contribution in [2.45, 2.75) is 40.7 Å². The third-order valence-electron chi connectivity index (χ3n) is 6.16. The molecule has 0 radical (unpaired) electrons. The van der Waals surface area contributed by atoms with E-state index >= 15 is 0 Å². The number of nitrogens with zero attached hydrogens (tertiary/aromatic N) is 2. The number of rotatable bonds is 10. The summed E-state index contributed by atoms with van der Waals surface area (Å²) in [4.78, 5) is 30.1. The summed E-state index contributed by atoms with van der Waals surface area (Å²) < 4.78 is 5.73. The quantitative estimate of drug-likeness (QED) is 0.311. The molecule has 0 spiro atoms. The van der Waals surface area contributed by atoms with Gasteiger partial charge in [0.25, 0.3) is 11.7 Å². The number of hydrogen-bond donors (Lipinski definition) is 1. The summed E-state index contributed by atoms with van der Waals surface area (Å²) in [5, 5.41) is 11.2. The van der Waals surface area contributed by atoms with Crippen LogP contribution in [0.4, 0.5) is 0 Å². The maximum Gasteiger partial charge on any atom is 0.295 e. The van der Waals surface area contributed by atoms with E-state index in [4.69, 9.17) is 4.74 Å². The Balaban J connectivity index is 2.01. The Morgan fingerprint density at radius 2 is 1.76 bits per heavy atom. The lowest BCUT2D eigenvalue weighted by Gasteiger charge is -2.28. The highest BCUT2D eigenvalue weighted by Gasteiger charge is 2.45. The fraction of sp³-hybridized carbons (Fsp3) is 0.429. The molecule has 0 aromatic heterocycles. The molecule has 1 aliphatic rings. The Hall–Kier alpha value is -3.12. The van der Waals surface area contributed by atoms with Gasteiger partial charge in [-0.05, 0) is 55.8 Å². The first-order valence-corrected chi connectivity index (χ1v) is 12.1. The van der Waals surface area contributed by atoms with Crippen LogP contribution in [-0.2, 0) is 9.59 Å². The van der Waals surface area contributed by atoms with E-state index in [1.807, 2.05) is 31.2 Å². The topological polar surface area (TPSA) is 70.1 Å². The molecule has 182 valence electrons. The highest BCUT2D eigenvalue weighted by Crippen LogP contribution is 2.39. The summed E-state index contributed by atoms with van der Waals surface area (Å²) in [6.45, 7) is 13.6. The van der Waals surface area contributed by atoms with Crippen molar-refractivity contribution in [3.63, 3.8) is 0 Å². The maximum absolute atomic E-state index is 13.2. The van der Waals surface area contributed by atoms with Crippen LogP contribution in [0.15, 0.2) is 54.1 Å². The molecular formula is C28H36N2O4. The summed E-state index contributed by atoms with van der Waals surface area (Å²) in [7, 11) is 0. The van der Waals surface area contributed by atoms with Crippen LogP contribution in [0, 0.1) is 12.8 Å². The predicted molar refractivity (Wildman–Crippen MR) is 135 cm³/mol. The van der Waals surface area contributed by atoms with Gasteiger partial charge in [0.2, 0.25) is 0 Å². The van der Waals surface area contributed by atoms with Gasteiger partial charge in [0.1, 0.15) is 11.5 Å². The summed E-state index contributed by atoms with van der Waals surface area (Å²) in [5.74, 6) is -0.290. The van der Waals surface area contributed by atoms with E-state index in [-0.39, 0.29) is 11.3 Å². The predicted octanol–water partition coefficient (Wildman–Crippen LogP) is 4.79. The molecule has 1 aliphatic heterocycles. The average molecular weight is 465 g/mol. The molecule has 0 bridgehead atoms. The molecular weight excluding hydrogens is 428 g/mol. The molecule has 1 heterocycles. The van der Waals surface area contributed by atoms with Crippen molar-refractivity contribution in [1.82, 2.24) is 9.80 Å². The first-order chi connectivity index (χ1) is 16.3. The van der Waals surface area contributed by atoms with Crippen LogP contribution in [0.1, 0.15) is 50.4 Å². The normalized spacial score (nSPS) is 17.7. The number of benzene rings is 2. The number of carbonyl (C=O) groups is 2. The van der Waals surface area contributed by atoms with Crippen LogP contribution in [-0.4, -0.2) is 59.4 Å². The van der Waals surface area contributed by atoms with Gasteiger partial charge < -0.3 is 19.6 Å². The number of carbonyl (C=O) groups excluding carboxylic acids is 2. The van der Waals surface area contributed by atoms with E-state index in [1.165, 1.54) is 0 Å². The highest BCUT2D eigenvalue weighted by atomic mass is 16.5. The third kappa shape index (κ3) is 5.68. The van der Waals surface area contributed by atoms with Gasteiger partial charge in [-0.15, -0.1) is 0 Å². The first-order valence-electron chi connectivity index (χ1n) is 12.1. The number of ketones is 1. The minimum Gasteiger partial charge on any atom is -0.507 e. The van der Waals surface area contributed by atoms with Crippen molar-refractivity contribution < 1.29 is 19.4 Å². The molecule has 0 saturated carbocycles. The SMILES string of the molecule is CCN(CC)CCN1C(=O)C(=O)/C(=C(\O)c2ccc(OCC(C)C)cc2)C1c1cccc(C)c1. The lowest BCUT2D eigenvalue weighted by Crippen LogP contribution is -2.38. The lowest BCUT2D eigenvalue weighted by atomic mass is 9.94. The Morgan fingerprint density at radius 3 is 2.35 bits per heavy atom. The van der Waals surface area contributed by atoms with Gasteiger partial charge in [-0.1, -0.05) is 57.5 Å². The molecule has 1 saturated heterocycles. The van der Waals surface area contributed by atoms with E-state index in [9.17, 15) is 14.7 Å². The Labute approximate surface area is 202 Å². The zero-order valence-corrected chi connectivity index (χ0v) is 20.9. The van der Waals surface area contributed by atoms with Gasteiger partial charge in [-0.25, -0.2) is 0 Å². The van der Waals surface area contributed by atoms with Crippen molar-refractivity contribution in [2.24, 2.45) is 5.92 Å². The zero-order valence-electron chi connectivity index (χ0n) is 20.9. The van der Waals surface area contributed by atoms with Crippen molar-refractivity contribution in [1.29, 1.82) is 0 Å². The van der Waals surface area contributed by atoms with Crippen molar-refractivity contribution in [3.8, 4) is 5.75 Å². The molecule has 2 aromatic carbocycles. The minimum absolute atomic E-state index is 0.131. The van der Waals surface area contributed by atoms with E-state index in [1.54, 1.807) is 29.2 Å². The number of Topliss-reactive ketones (excluding diaryl/α,β-unsaturated/α-hetero) is 1. The summed E-state index contributed by atoms with van der Waals surface area (Å²) in [6, 6.07) is 14.1. The summed E-state index contributed by atoms with van der Waals surface area (Å²) in [5.41, 5.74) is 2.46. The monoisotopic (exact) mass is 464 g/mol. The number of aliphatic hydroxyl groups is 1. The smallest absolute Gasteiger partial charge is 0.295 e. The summed E-state index contributed by atoms with van der Waals surface area (Å²) >= 11 is 0. The van der Waals surface area contributed by atoms with E-state index < -0.39 is 17.7 Å². The minimum atomic E-state index is -0.649. The van der Waals surface area contributed by atoms with Crippen molar-refractivity contribution in [3.05, 3.63) is 70.8 Å². The standard InChI is InChI=1S/C28H36N2O4/c1-6-29(7-2)15-16-30-25(22-10-8-9-20(5)17-22)24(27(32)28(30)33)26(31)21-11-13-23(14-12-21)34-18-19(3)4/h8-14,17,19,25,31H,6-7,15-16,18H2,1-5H3/b26-24-. The van der Waals surface area contributed by atoms with Crippen LogP contribution in [0.5, 0.6) is 5.75 Å². The van der Waals surface area contributed by atoms with Crippen LogP contribution >= 0.6 is 0 Å². The van der Waals surface area contributed by atoms with E-state index in [0.29, 0.717) is 36.9 Å². The molecule has 6 nitrogen and oxygen atoms in total. The number of amides is 1. The van der Waals surface area contributed by atoms with Crippen molar-refractivity contribution in [2.75, 3.05) is 32.8 Å². The molecule has 6 heteroatoms. The molecule has 34 heavy (non-hydrogen) atoms. The van der Waals surface area contributed by atoms with Gasteiger partial charge in [-0.2, -0.15) is 0 Å². The lowest BCUT2D eigenvalue weighted by molar-refractivity contribution is -0.140. The number of aryl methyl sites for hydroxylation is 1. The fourth-order valence-corrected chi connectivity index (χ4v) is 4.21. The molecule has 3 rings (SSSR count). The second-order valence-corrected chi connectivity index (χ2v) is 9.16. The number of ether oxygens (including phenoxy) is 1. The van der Waals surface area contributed by atoms with Crippen LogP contribution in [0.3, 0.4) is 0 Å². The van der Waals surface area contributed by atoms with Crippen molar-refractivity contribution >= 4 is 17.4 Å². The highest BCUT2D eigenvalue weighted by molar-refractivity contribution is 6.46. The van der Waals surface area contributed by atoms with Crippen LogP contribution < -0.4 is 4.74 Å². The molecule has 2 aromatic rings. The zero-order chi connectivity index (χ0) is 24.8. The molecule has 1 amide bonds. The summed E-state index contributed by atoms with van der Waals surface area (Å²) in [6.07, 6.45) is 0. The molecule has 1 atom stereocenters. The average Bonchev–Trinajstić information content (AvgIpc) is 3.08. The molecule has 1 N–H and O–H groups in total. The second-order valence-electron chi connectivity index (χ2n) is 9.16. The van der Waals surface area contributed by atoms with Crippen LogP contribution in [0.2, 0.25) is 0 Å². The number of hydrogen-bond acceptors (Lipinski definition) is 5. The fourth-order valence-electron chi connectivity index (χ4n) is 4.21. The molecule has 0 aliphatic carbocycles. The number of likely N-dealkylation sites (tertiary alicyclic amines) is 1. The maximum atomic E-state index is 13.2. The van der Waals surface area contributed by atoms with E-state index in [0.717, 1.165) is 24.2 Å². The first kappa shape index (κ1) is 25.5. The number of likely N-dealkylation sites (N-methyl/N-ethyl adjacent to an activating group) is 1. The number of aliphatic hydroxyl groups excluding tert-OH is 1. The Morgan fingerprint density at radius 1 is 1.09 bits per heavy atom. The van der Waals surface area contributed by atoms with E-state index in [2.05, 4.69) is 32.6 Å². The Kier molecular flexibility index (Phi) is 8.51. The molecule has 1 fully saturated rings. The largest absolute Gasteiger partial charge is 0.507 e. The van der Waals surface area contributed by atoms with Gasteiger partial charge in [-0.3, -0.25) is 9.59 Å². The second kappa shape index (κ2) is 11.3. The van der Waals surface area contributed by atoms with Gasteiger partial charge >= 0.3 is 0 Å². The Bertz CT molecular complexity index is 1040. The molecule has 1 unspecified atom stereocenters. The van der Waals surface area contributed by atoms with Crippen LogP contribution in [0.25, 0.3) is 5.76 Å². The van der Waals surface area contributed by atoms with Gasteiger partial charge in [0, 0.05) is 18.7 Å². The van der Waals surface area contributed by atoms with Gasteiger partial charge in [0.15, 0.2) is 0 Å². The third-order valence-corrected chi connectivity index (χ3v) is 6.16.